The van der Waals surface area contributed by atoms with Crippen molar-refractivity contribution in [3.8, 4) is 5.75 Å². The molecule has 2 aliphatic heterocycles. The highest BCUT2D eigenvalue weighted by molar-refractivity contribution is 6.07. The highest BCUT2D eigenvalue weighted by Crippen LogP contribution is 2.37. The van der Waals surface area contributed by atoms with Crippen LogP contribution in [0.4, 0.5) is 11.5 Å². The second-order valence-corrected chi connectivity index (χ2v) is 14.8. The van der Waals surface area contributed by atoms with Crippen LogP contribution in [-0.2, 0) is 14.4 Å². The molecular weight excluding hydrogens is 688 g/mol. The van der Waals surface area contributed by atoms with Crippen LogP contribution in [0.5, 0.6) is 5.75 Å². The molecule has 4 amide bonds. The minimum Gasteiger partial charge on any atom is -0.490 e. The number of amides is 4. The molecule has 3 fully saturated rings. The van der Waals surface area contributed by atoms with Crippen molar-refractivity contribution in [3.63, 3.8) is 0 Å². The van der Waals surface area contributed by atoms with E-state index in [-0.39, 0.29) is 53.5 Å². The number of imidazole rings is 1. The summed E-state index contributed by atoms with van der Waals surface area (Å²) in [7, 11) is 0. The fourth-order valence-corrected chi connectivity index (χ4v) is 7.88. The zero-order valence-corrected chi connectivity index (χ0v) is 30.4. The van der Waals surface area contributed by atoms with E-state index in [1.54, 1.807) is 41.6 Å². The lowest BCUT2D eigenvalue weighted by Crippen LogP contribution is -2.47. The Bertz CT molecular complexity index is 2200. The van der Waals surface area contributed by atoms with Crippen molar-refractivity contribution in [3.05, 3.63) is 78.3 Å². The van der Waals surface area contributed by atoms with Crippen LogP contribution in [0.25, 0.3) is 11.3 Å². The lowest BCUT2D eigenvalue weighted by molar-refractivity contribution is -0.134. The number of nitrogens with zero attached hydrogens (tertiary/aromatic N) is 7. The van der Waals surface area contributed by atoms with Crippen molar-refractivity contribution in [1.29, 1.82) is 0 Å². The third-order valence-corrected chi connectivity index (χ3v) is 10.8. The first kappa shape index (κ1) is 35.2. The molecule has 5 aromatic rings. The molecule has 1 atom stereocenters. The molecule has 0 spiro atoms. The van der Waals surface area contributed by atoms with Gasteiger partial charge >= 0.3 is 0 Å². The van der Waals surface area contributed by atoms with Gasteiger partial charge in [-0.2, -0.15) is 5.10 Å². The van der Waals surface area contributed by atoms with Crippen molar-refractivity contribution < 1.29 is 23.9 Å². The number of fused-ring (bicyclic) bond motifs is 2. The molecule has 1 aliphatic carbocycles. The monoisotopic (exact) mass is 732 g/mol. The summed E-state index contributed by atoms with van der Waals surface area (Å²) < 4.78 is 9.55. The summed E-state index contributed by atoms with van der Waals surface area (Å²) in [6, 6.07) is 7.56. The maximum Gasteiger partial charge on any atom is 0.261 e. The van der Waals surface area contributed by atoms with Crippen LogP contribution in [0.1, 0.15) is 98.7 Å². The van der Waals surface area contributed by atoms with Gasteiger partial charge in [0, 0.05) is 74.4 Å². The lowest BCUT2D eigenvalue weighted by Gasteiger charge is -2.34. The van der Waals surface area contributed by atoms with Crippen molar-refractivity contribution in [2.75, 3.05) is 23.3 Å². The van der Waals surface area contributed by atoms with E-state index in [9.17, 15) is 19.2 Å². The number of carbonyl (C=O) groups is 4. The molecule has 2 saturated heterocycles. The van der Waals surface area contributed by atoms with Crippen molar-refractivity contribution in [1.82, 2.24) is 39.6 Å². The number of aromatic nitrogens is 6. The third-order valence-electron chi connectivity index (χ3n) is 10.8. The number of hydrogen-bond acceptors (Lipinski definition) is 10. The van der Waals surface area contributed by atoms with Crippen molar-refractivity contribution in [2.45, 2.75) is 89.2 Å². The predicted molar refractivity (Wildman–Crippen MR) is 199 cm³/mol. The van der Waals surface area contributed by atoms with E-state index < -0.39 is 0 Å². The normalized spacial score (nSPS) is 21.0. The topological polar surface area (TPSA) is 177 Å². The standard InChI is InChI=1S/C39H44N10O5/c1-23(2)54-32-18-34-44-31(22-48(34)21-29(32)39(53)45-30-20-42-49-15-3-14-40-36(30)49)24-4-6-25(7-5-24)37(51)43-27-12-16-47(17-13-27)33-10-8-26(19-41-33)28-9-11-35(50)46-38(28)52/h3,8,10,14-15,18-25,27-28H,4-7,9,11-13,16-17H2,1-2H3,(H,43,51)(H,45,53)(H,46,50,52). The summed E-state index contributed by atoms with van der Waals surface area (Å²) in [5.74, 6) is 0.434. The number of ether oxygens (including phenoxy) is 1. The van der Waals surface area contributed by atoms with E-state index in [4.69, 9.17) is 9.72 Å². The van der Waals surface area contributed by atoms with Gasteiger partial charge in [0.15, 0.2) is 5.65 Å². The zero-order valence-electron chi connectivity index (χ0n) is 30.4. The maximum atomic E-state index is 13.6. The van der Waals surface area contributed by atoms with Crippen molar-refractivity contribution in [2.24, 2.45) is 5.92 Å². The molecule has 0 bridgehead atoms. The molecule has 280 valence electrons. The van der Waals surface area contributed by atoms with Crippen LogP contribution in [0.15, 0.2) is 61.4 Å². The number of pyridine rings is 2. The van der Waals surface area contributed by atoms with Crippen LogP contribution in [0.2, 0.25) is 0 Å². The van der Waals surface area contributed by atoms with Gasteiger partial charge in [-0.25, -0.2) is 19.5 Å². The highest BCUT2D eigenvalue weighted by atomic mass is 16.5. The molecule has 3 aliphatic rings. The average Bonchev–Trinajstić information content (AvgIpc) is 3.78. The summed E-state index contributed by atoms with van der Waals surface area (Å²) >= 11 is 0. The smallest absolute Gasteiger partial charge is 0.261 e. The molecule has 7 heterocycles. The Hall–Kier alpha value is -5.86. The highest BCUT2D eigenvalue weighted by Gasteiger charge is 2.32. The quantitative estimate of drug-likeness (QED) is 0.184. The Morgan fingerprint density at radius 3 is 2.54 bits per heavy atom. The number of anilines is 2. The van der Waals surface area contributed by atoms with E-state index in [0.717, 1.165) is 68.7 Å². The average molecular weight is 733 g/mol. The first-order valence-electron chi connectivity index (χ1n) is 18.8. The SMILES string of the molecule is CC(C)Oc1cc2nc(C3CCC(C(=O)NC4CCN(c5ccc(C6CCC(=O)NC6=O)cn5)CC4)CC3)cn2cc1C(=O)Nc1cnn2cccnc12. The zero-order chi connectivity index (χ0) is 37.3. The Labute approximate surface area is 311 Å². The van der Waals surface area contributed by atoms with Crippen LogP contribution < -0.4 is 25.6 Å². The number of nitrogens with one attached hydrogen (secondary N) is 3. The molecule has 3 N–H and O–H groups in total. The van der Waals surface area contributed by atoms with Gasteiger partial charge in [0.05, 0.1) is 29.5 Å². The molecule has 5 aromatic heterocycles. The van der Waals surface area contributed by atoms with E-state index in [0.29, 0.717) is 41.1 Å². The molecule has 15 nitrogen and oxygen atoms in total. The lowest BCUT2D eigenvalue weighted by atomic mass is 9.80. The number of carbonyl (C=O) groups excluding carboxylic acids is 4. The summed E-state index contributed by atoms with van der Waals surface area (Å²) in [6.07, 6.45) is 16.1. The van der Waals surface area contributed by atoms with E-state index >= 15 is 0 Å². The first-order valence-corrected chi connectivity index (χ1v) is 18.8. The fraction of sp³-hybridized carbons (Fsp3) is 0.436. The first-order chi connectivity index (χ1) is 26.2. The van der Waals surface area contributed by atoms with Gasteiger partial charge in [-0.1, -0.05) is 6.07 Å². The van der Waals surface area contributed by atoms with Gasteiger partial charge < -0.3 is 24.7 Å². The maximum absolute atomic E-state index is 13.6. The summed E-state index contributed by atoms with van der Waals surface area (Å²) in [5, 5.41) is 12.9. The Morgan fingerprint density at radius 2 is 1.80 bits per heavy atom. The van der Waals surface area contributed by atoms with Gasteiger partial charge in [-0.15, -0.1) is 0 Å². The summed E-state index contributed by atoms with van der Waals surface area (Å²) in [6.45, 7) is 5.39. The summed E-state index contributed by atoms with van der Waals surface area (Å²) in [4.78, 5) is 66.8. The molecule has 54 heavy (non-hydrogen) atoms. The third kappa shape index (κ3) is 7.34. The molecule has 1 saturated carbocycles. The second kappa shape index (κ2) is 14.9. The number of piperidine rings is 2. The van der Waals surface area contributed by atoms with E-state index in [1.165, 1.54) is 0 Å². The second-order valence-electron chi connectivity index (χ2n) is 14.8. The van der Waals surface area contributed by atoms with Gasteiger partial charge in [0.1, 0.15) is 22.9 Å². The number of rotatable bonds is 9. The Balaban J connectivity index is 0.849. The van der Waals surface area contributed by atoms with Gasteiger partial charge in [-0.3, -0.25) is 24.5 Å². The van der Waals surface area contributed by atoms with Crippen LogP contribution >= 0.6 is 0 Å². The predicted octanol–water partition coefficient (Wildman–Crippen LogP) is 4.39. The van der Waals surface area contributed by atoms with E-state index in [1.807, 2.05) is 42.6 Å². The Morgan fingerprint density at radius 1 is 0.981 bits per heavy atom. The Kier molecular flexibility index (Phi) is 9.69. The van der Waals surface area contributed by atoms with Gasteiger partial charge in [0.2, 0.25) is 17.7 Å². The minimum atomic E-state index is -0.347. The molecular formula is C39H44N10O5. The molecule has 1 unspecified atom stereocenters. The largest absolute Gasteiger partial charge is 0.490 e. The van der Waals surface area contributed by atoms with Crippen LogP contribution in [-0.4, -0.2) is 77.8 Å². The summed E-state index contributed by atoms with van der Waals surface area (Å²) in [5.41, 5.74) is 3.88. The molecule has 8 rings (SSSR count). The van der Waals surface area contributed by atoms with Gasteiger partial charge in [-0.05, 0) is 76.5 Å². The minimum absolute atomic E-state index is 0.0337. The molecule has 0 aromatic carbocycles. The van der Waals surface area contributed by atoms with Crippen molar-refractivity contribution >= 4 is 46.4 Å². The number of imide groups is 1. The van der Waals surface area contributed by atoms with Crippen LogP contribution in [0, 0.1) is 5.92 Å². The molecule has 15 heteroatoms. The van der Waals surface area contributed by atoms with E-state index in [2.05, 4.69) is 35.9 Å². The van der Waals surface area contributed by atoms with Crippen LogP contribution in [0.3, 0.4) is 0 Å². The molecule has 0 radical (unpaired) electrons. The van der Waals surface area contributed by atoms with Gasteiger partial charge in [0.25, 0.3) is 5.91 Å². The number of hydrogen-bond donors (Lipinski definition) is 3. The fourth-order valence-electron chi connectivity index (χ4n) is 7.88.